The second-order valence-corrected chi connectivity index (χ2v) is 4.85. The molecule has 0 fully saturated rings. The Morgan fingerprint density at radius 3 is 2.57 bits per heavy atom. The minimum Gasteiger partial charge on any atom is -0.355 e. The first-order valence-electron chi connectivity index (χ1n) is 6.77. The number of amides is 1. The Kier molecular flexibility index (Phi) is 4.86. The van der Waals surface area contributed by atoms with Gasteiger partial charge in [0, 0.05) is 38.7 Å². The summed E-state index contributed by atoms with van der Waals surface area (Å²) in [4.78, 5) is 48.7. The number of nitrogens with one attached hydrogen (secondary N) is 4. The van der Waals surface area contributed by atoms with E-state index in [1.165, 1.54) is 19.1 Å². The summed E-state index contributed by atoms with van der Waals surface area (Å²) >= 11 is 0. The SMILES string of the molecule is CC(=O)NCCNCc1cc([N+](=O)[O-])cc2[nH]c(=O)c(=O)[nH]c12. The smallest absolute Gasteiger partial charge is 0.314 e. The molecule has 0 unspecified atom stereocenters. The number of aromatic nitrogens is 2. The molecular weight excluding hydrogens is 306 g/mol. The fraction of sp³-hybridized carbons (Fsp3) is 0.308. The third-order valence-electron chi connectivity index (χ3n) is 3.10. The van der Waals surface area contributed by atoms with Crippen LogP contribution in [0.4, 0.5) is 5.69 Å². The van der Waals surface area contributed by atoms with Gasteiger partial charge in [-0.1, -0.05) is 0 Å². The monoisotopic (exact) mass is 321 g/mol. The largest absolute Gasteiger partial charge is 0.355 e. The molecule has 0 atom stereocenters. The maximum absolute atomic E-state index is 11.5. The van der Waals surface area contributed by atoms with E-state index >= 15 is 0 Å². The highest BCUT2D eigenvalue weighted by molar-refractivity contribution is 5.80. The first kappa shape index (κ1) is 16.4. The molecule has 23 heavy (non-hydrogen) atoms. The lowest BCUT2D eigenvalue weighted by atomic mass is 10.1. The lowest BCUT2D eigenvalue weighted by molar-refractivity contribution is -0.384. The molecule has 1 aromatic heterocycles. The molecule has 10 nitrogen and oxygen atoms in total. The van der Waals surface area contributed by atoms with Crippen LogP contribution < -0.4 is 21.8 Å². The maximum atomic E-state index is 11.5. The molecular formula is C13H15N5O5. The van der Waals surface area contributed by atoms with Crippen LogP contribution in [-0.4, -0.2) is 33.9 Å². The number of H-pyrrole nitrogens is 2. The Bertz CT molecular complexity index is 869. The molecule has 122 valence electrons. The van der Waals surface area contributed by atoms with Crippen molar-refractivity contribution in [3.05, 3.63) is 48.5 Å². The molecule has 2 rings (SSSR count). The molecule has 0 saturated carbocycles. The average molecular weight is 321 g/mol. The van der Waals surface area contributed by atoms with Crippen molar-refractivity contribution in [2.45, 2.75) is 13.5 Å². The van der Waals surface area contributed by atoms with E-state index in [-0.39, 0.29) is 23.7 Å². The van der Waals surface area contributed by atoms with Crippen molar-refractivity contribution in [1.29, 1.82) is 0 Å². The van der Waals surface area contributed by atoms with Gasteiger partial charge in [-0.3, -0.25) is 24.5 Å². The van der Waals surface area contributed by atoms with Crippen molar-refractivity contribution in [3.63, 3.8) is 0 Å². The number of nitro benzene ring substituents is 1. The average Bonchev–Trinajstić information content (AvgIpc) is 2.47. The number of benzene rings is 1. The van der Waals surface area contributed by atoms with Crippen molar-refractivity contribution < 1.29 is 9.72 Å². The molecule has 0 saturated heterocycles. The molecule has 4 N–H and O–H groups in total. The van der Waals surface area contributed by atoms with Crippen molar-refractivity contribution in [2.75, 3.05) is 13.1 Å². The van der Waals surface area contributed by atoms with Gasteiger partial charge in [-0.15, -0.1) is 0 Å². The Morgan fingerprint density at radius 2 is 1.91 bits per heavy atom. The number of hydrogen-bond acceptors (Lipinski definition) is 6. The van der Waals surface area contributed by atoms with Gasteiger partial charge < -0.3 is 20.6 Å². The van der Waals surface area contributed by atoms with Gasteiger partial charge in [0.2, 0.25) is 5.91 Å². The predicted molar refractivity (Wildman–Crippen MR) is 82.2 cm³/mol. The lowest BCUT2D eigenvalue weighted by Gasteiger charge is -2.08. The fourth-order valence-electron chi connectivity index (χ4n) is 2.08. The number of nitrogens with zero attached hydrogens (tertiary/aromatic N) is 1. The molecule has 0 aliphatic rings. The van der Waals surface area contributed by atoms with Crippen LogP contribution in [0.5, 0.6) is 0 Å². The summed E-state index contributed by atoms with van der Waals surface area (Å²) in [5.74, 6) is -0.158. The number of nitro groups is 1. The number of aromatic amines is 2. The second-order valence-electron chi connectivity index (χ2n) is 4.85. The summed E-state index contributed by atoms with van der Waals surface area (Å²) < 4.78 is 0. The second kappa shape index (κ2) is 6.83. The van der Waals surface area contributed by atoms with E-state index in [1.807, 2.05) is 0 Å². The quantitative estimate of drug-likeness (QED) is 0.240. The van der Waals surface area contributed by atoms with Gasteiger partial charge in [0.15, 0.2) is 0 Å². The van der Waals surface area contributed by atoms with E-state index in [0.29, 0.717) is 24.2 Å². The predicted octanol–water partition coefficient (Wildman–Crippen LogP) is -0.650. The van der Waals surface area contributed by atoms with Crippen LogP contribution in [-0.2, 0) is 11.3 Å². The highest BCUT2D eigenvalue weighted by Gasteiger charge is 2.13. The van der Waals surface area contributed by atoms with Gasteiger partial charge in [-0.2, -0.15) is 0 Å². The molecule has 1 amide bonds. The van der Waals surface area contributed by atoms with E-state index < -0.39 is 16.0 Å². The van der Waals surface area contributed by atoms with Crippen molar-refractivity contribution in [1.82, 2.24) is 20.6 Å². The van der Waals surface area contributed by atoms with Gasteiger partial charge in [-0.25, -0.2) is 0 Å². The molecule has 1 aromatic carbocycles. The number of carbonyl (C=O) groups excluding carboxylic acids is 1. The lowest BCUT2D eigenvalue weighted by Crippen LogP contribution is -2.31. The third kappa shape index (κ3) is 4.01. The zero-order valence-electron chi connectivity index (χ0n) is 12.3. The summed E-state index contributed by atoms with van der Waals surface area (Å²) in [6.45, 7) is 2.46. The summed E-state index contributed by atoms with van der Waals surface area (Å²) in [6.07, 6.45) is 0. The number of non-ortho nitro benzene ring substituents is 1. The minimum absolute atomic E-state index is 0.158. The van der Waals surface area contributed by atoms with Gasteiger partial charge in [0.05, 0.1) is 16.0 Å². The molecule has 0 radical (unpaired) electrons. The molecule has 0 spiro atoms. The number of rotatable bonds is 6. The topological polar surface area (TPSA) is 150 Å². The highest BCUT2D eigenvalue weighted by Crippen LogP contribution is 2.21. The number of fused-ring (bicyclic) bond motifs is 1. The van der Waals surface area contributed by atoms with Gasteiger partial charge in [0.25, 0.3) is 5.69 Å². The summed E-state index contributed by atoms with van der Waals surface area (Å²) in [7, 11) is 0. The van der Waals surface area contributed by atoms with Gasteiger partial charge in [0.1, 0.15) is 0 Å². The van der Waals surface area contributed by atoms with Gasteiger partial charge >= 0.3 is 11.1 Å². The van der Waals surface area contributed by atoms with Gasteiger partial charge in [-0.05, 0) is 5.56 Å². The van der Waals surface area contributed by atoms with E-state index in [2.05, 4.69) is 20.6 Å². The molecule has 10 heteroatoms. The fourth-order valence-corrected chi connectivity index (χ4v) is 2.08. The van der Waals surface area contributed by atoms with Crippen LogP contribution in [0.15, 0.2) is 21.7 Å². The van der Waals surface area contributed by atoms with E-state index in [9.17, 15) is 24.5 Å². The molecule has 0 bridgehead atoms. The normalized spacial score (nSPS) is 10.7. The van der Waals surface area contributed by atoms with Crippen LogP contribution in [0.1, 0.15) is 12.5 Å². The van der Waals surface area contributed by atoms with E-state index in [0.717, 1.165) is 0 Å². The van der Waals surface area contributed by atoms with Crippen LogP contribution in [0.2, 0.25) is 0 Å². The maximum Gasteiger partial charge on any atom is 0.314 e. The summed E-state index contributed by atoms with van der Waals surface area (Å²) in [5.41, 5.74) is -0.924. The molecule has 0 aliphatic carbocycles. The molecule has 0 aliphatic heterocycles. The van der Waals surface area contributed by atoms with Crippen LogP contribution in [0, 0.1) is 10.1 Å². The first-order valence-corrected chi connectivity index (χ1v) is 6.77. The van der Waals surface area contributed by atoms with Crippen molar-refractivity contribution in [3.8, 4) is 0 Å². The van der Waals surface area contributed by atoms with Crippen LogP contribution >= 0.6 is 0 Å². The van der Waals surface area contributed by atoms with E-state index in [1.54, 1.807) is 0 Å². The first-order chi connectivity index (χ1) is 10.9. The summed E-state index contributed by atoms with van der Waals surface area (Å²) in [5, 5.41) is 16.6. The number of carbonyl (C=O) groups is 1. The van der Waals surface area contributed by atoms with Crippen molar-refractivity contribution in [2.24, 2.45) is 0 Å². The van der Waals surface area contributed by atoms with Crippen LogP contribution in [0.25, 0.3) is 11.0 Å². The highest BCUT2D eigenvalue weighted by atomic mass is 16.6. The third-order valence-corrected chi connectivity index (χ3v) is 3.10. The van der Waals surface area contributed by atoms with Crippen LogP contribution in [0.3, 0.4) is 0 Å². The standard InChI is InChI=1S/C13H15N5O5/c1-7(19)15-3-2-14-6-8-4-9(18(22)23)5-10-11(8)17-13(21)12(20)16-10/h4-5,14H,2-3,6H2,1H3,(H,15,19)(H,16,20)(H,17,21). The molecule has 2 aromatic rings. The Hall–Kier alpha value is -3.01. The Morgan fingerprint density at radius 1 is 1.22 bits per heavy atom. The zero-order valence-corrected chi connectivity index (χ0v) is 12.3. The minimum atomic E-state index is -0.873. The number of hydrogen-bond donors (Lipinski definition) is 4. The molecule has 1 heterocycles. The summed E-state index contributed by atoms with van der Waals surface area (Å²) in [6, 6.07) is 2.51. The zero-order chi connectivity index (χ0) is 17.0. The Balaban J connectivity index is 2.30. The van der Waals surface area contributed by atoms with Crippen molar-refractivity contribution >= 4 is 22.6 Å². The Labute approximate surface area is 129 Å². The van der Waals surface area contributed by atoms with E-state index in [4.69, 9.17) is 0 Å².